The van der Waals surface area contributed by atoms with E-state index < -0.39 is 0 Å². The van der Waals surface area contributed by atoms with E-state index in [9.17, 15) is 0 Å². The Hall–Kier alpha value is -1.10. The monoisotopic (exact) mass is 292 g/mol. The molecule has 0 saturated carbocycles. The first-order chi connectivity index (χ1) is 10.2. The Balaban J connectivity index is 2.37. The highest BCUT2D eigenvalue weighted by Gasteiger charge is 2.36. The molecule has 0 radical (unpaired) electrons. The van der Waals surface area contributed by atoms with E-state index in [1.165, 1.54) is 5.56 Å². The number of morpholine rings is 1. The third kappa shape index (κ3) is 3.76. The molecule has 0 aliphatic carbocycles. The van der Waals surface area contributed by atoms with Gasteiger partial charge < -0.3 is 14.8 Å². The van der Waals surface area contributed by atoms with Gasteiger partial charge in [0.1, 0.15) is 5.75 Å². The molecule has 0 aromatic heterocycles. The predicted molar refractivity (Wildman–Crippen MR) is 85.9 cm³/mol. The van der Waals surface area contributed by atoms with Crippen LogP contribution in [-0.4, -0.2) is 50.4 Å². The van der Waals surface area contributed by atoms with Crippen molar-refractivity contribution < 1.29 is 9.47 Å². The molecule has 1 aromatic rings. The van der Waals surface area contributed by atoms with Crippen molar-refractivity contribution in [1.82, 2.24) is 10.2 Å². The Morgan fingerprint density at radius 3 is 2.81 bits per heavy atom. The van der Waals surface area contributed by atoms with Crippen LogP contribution in [0.1, 0.15) is 32.4 Å². The molecule has 2 rings (SSSR count). The van der Waals surface area contributed by atoms with Crippen molar-refractivity contribution in [2.24, 2.45) is 0 Å². The van der Waals surface area contributed by atoms with Gasteiger partial charge in [0, 0.05) is 24.7 Å². The third-order valence-electron chi connectivity index (χ3n) is 4.00. The molecule has 1 N–H and O–H groups in total. The number of hydrogen-bond acceptors (Lipinski definition) is 4. The largest absolute Gasteiger partial charge is 0.494 e. The Morgan fingerprint density at radius 1 is 1.38 bits per heavy atom. The summed E-state index contributed by atoms with van der Waals surface area (Å²) in [5.74, 6) is 0.974. The van der Waals surface area contributed by atoms with Gasteiger partial charge in [0.05, 0.1) is 25.4 Å². The molecule has 1 saturated heterocycles. The standard InChI is InChI=1S/C17H28N2O2/c1-5-20-15-9-7-6-8-14(15)17-16(12-18-4)21-11-10-19(17)13(2)3/h6-9,13,16-18H,5,10-12H2,1-4H3. The van der Waals surface area contributed by atoms with E-state index in [1.807, 2.05) is 20.0 Å². The number of rotatable bonds is 6. The molecule has 1 aromatic carbocycles. The molecule has 1 heterocycles. The van der Waals surface area contributed by atoms with E-state index in [4.69, 9.17) is 9.47 Å². The summed E-state index contributed by atoms with van der Waals surface area (Å²) in [5.41, 5.74) is 1.23. The number of nitrogens with one attached hydrogen (secondary N) is 1. The van der Waals surface area contributed by atoms with Crippen LogP contribution in [-0.2, 0) is 4.74 Å². The van der Waals surface area contributed by atoms with Crippen molar-refractivity contribution in [3.63, 3.8) is 0 Å². The molecular formula is C17H28N2O2. The minimum absolute atomic E-state index is 0.146. The van der Waals surface area contributed by atoms with Crippen molar-refractivity contribution in [3.05, 3.63) is 29.8 Å². The van der Waals surface area contributed by atoms with Gasteiger partial charge in [0.15, 0.2) is 0 Å². The molecule has 0 bridgehead atoms. The van der Waals surface area contributed by atoms with Crippen LogP contribution < -0.4 is 10.1 Å². The lowest BCUT2D eigenvalue weighted by Crippen LogP contribution is -2.51. The summed E-state index contributed by atoms with van der Waals surface area (Å²) in [4.78, 5) is 2.52. The van der Waals surface area contributed by atoms with Crippen LogP contribution in [0.2, 0.25) is 0 Å². The smallest absolute Gasteiger partial charge is 0.124 e. The van der Waals surface area contributed by atoms with Gasteiger partial charge in [-0.2, -0.15) is 0 Å². The predicted octanol–water partition coefficient (Wildman–Crippen LogP) is 2.46. The minimum atomic E-state index is 0.146. The van der Waals surface area contributed by atoms with Crippen LogP contribution in [0.3, 0.4) is 0 Å². The fourth-order valence-corrected chi connectivity index (χ4v) is 3.10. The molecule has 21 heavy (non-hydrogen) atoms. The van der Waals surface area contributed by atoms with Crippen molar-refractivity contribution in [2.45, 2.75) is 39.0 Å². The molecule has 0 spiro atoms. The quantitative estimate of drug-likeness (QED) is 0.873. The number of ether oxygens (including phenoxy) is 2. The number of likely N-dealkylation sites (N-methyl/N-ethyl adjacent to an activating group) is 1. The van der Waals surface area contributed by atoms with Gasteiger partial charge in [0.25, 0.3) is 0 Å². The van der Waals surface area contributed by atoms with Crippen molar-refractivity contribution >= 4 is 0 Å². The van der Waals surface area contributed by atoms with Crippen molar-refractivity contribution in [2.75, 3.05) is 33.4 Å². The Kier molecular flexibility index (Phi) is 6.03. The summed E-state index contributed by atoms with van der Waals surface area (Å²) < 4.78 is 11.9. The van der Waals surface area contributed by atoms with Crippen molar-refractivity contribution in [1.29, 1.82) is 0 Å². The fourth-order valence-electron chi connectivity index (χ4n) is 3.10. The highest BCUT2D eigenvalue weighted by Crippen LogP contribution is 2.36. The van der Waals surface area contributed by atoms with E-state index in [0.29, 0.717) is 12.6 Å². The molecule has 4 nitrogen and oxygen atoms in total. The van der Waals surface area contributed by atoms with Gasteiger partial charge in [-0.25, -0.2) is 0 Å². The van der Waals surface area contributed by atoms with Crippen LogP contribution in [0.4, 0.5) is 0 Å². The number of hydrogen-bond donors (Lipinski definition) is 1. The van der Waals surface area contributed by atoms with E-state index >= 15 is 0 Å². The Bertz CT molecular complexity index is 435. The van der Waals surface area contributed by atoms with Crippen LogP contribution in [0.25, 0.3) is 0 Å². The molecule has 2 atom stereocenters. The molecule has 2 unspecified atom stereocenters. The Morgan fingerprint density at radius 2 is 2.14 bits per heavy atom. The second-order valence-electron chi connectivity index (χ2n) is 5.71. The normalized spacial score (nSPS) is 23.5. The minimum Gasteiger partial charge on any atom is -0.494 e. The van der Waals surface area contributed by atoms with Gasteiger partial charge in [-0.15, -0.1) is 0 Å². The maximum absolute atomic E-state index is 6.04. The first-order valence-corrected chi connectivity index (χ1v) is 7.92. The number of nitrogens with zero attached hydrogens (tertiary/aromatic N) is 1. The topological polar surface area (TPSA) is 33.7 Å². The zero-order valence-electron chi connectivity index (χ0n) is 13.6. The molecule has 4 heteroatoms. The highest BCUT2D eigenvalue weighted by molar-refractivity contribution is 5.37. The van der Waals surface area contributed by atoms with E-state index in [-0.39, 0.29) is 12.1 Å². The summed E-state index contributed by atoms with van der Waals surface area (Å²) in [6.07, 6.45) is 0.146. The molecule has 1 aliphatic rings. The van der Waals surface area contributed by atoms with Crippen LogP contribution in [0.5, 0.6) is 5.75 Å². The molecule has 118 valence electrons. The number of para-hydroxylation sites is 1. The lowest BCUT2D eigenvalue weighted by atomic mass is 9.95. The van der Waals surface area contributed by atoms with Gasteiger partial charge in [-0.1, -0.05) is 18.2 Å². The van der Waals surface area contributed by atoms with E-state index in [0.717, 1.165) is 25.4 Å². The van der Waals surface area contributed by atoms with Crippen LogP contribution >= 0.6 is 0 Å². The van der Waals surface area contributed by atoms with Gasteiger partial charge in [0.2, 0.25) is 0 Å². The van der Waals surface area contributed by atoms with Crippen LogP contribution in [0, 0.1) is 0 Å². The average Bonchev–Trinajstić information content (AvgIpc) is 2.48. The zero-order chi connectivity index (χ0) is 15.2. The van der Waals surface area contributed by atoms with Gasteiger partial charge in [-0.3, -0.25) is 4.90 Å². The van der Waals surface area contributed by atoms with Crippen LogP contribution in [0.15, 0.2) is 24.3 Å². The Labute approximate surface area is 128 Å². The second-order valence-corrected chi connectivity index (χ2v) is 5.71. The molecular weight excluding hydrogens is 264 g/mol. The third-order valence-corrected chi connectivity index (χ3v) is 4.00. The fraction of sp³-hybridized carbons (Fsp3) is 0.647. The second kappa shape index (κ2) is 7.78. The molecule has 0 amide bonds. The summed E-state index contributed by atoms with van der Waals surface area (Å²) in [6.45, 7) is 9.80. The summed E-state index contributed by atoms with van der Waals surface area (Å²) in [6, 6.07) is 9.05. The first-order valence-electron chi connectivity index (χ1n) is 7.92. The van der Waals surface area contributed by atoms with Crippen molar-refractivity contribution in [3.8, 4) is 5.75 Å². The maximum atomic E-state index is 6.04. The first kappa shape index (κ1) is 16.3. The highest BCUT2D eigenvalue weighted by atomic mass is 16.5. The maximum Gasteiger partial charge on any atom is 0.124 e. The molecule has 1 aliphatic heterocycles. The zero-order valence-corrected chi connectivity index (χ0v) is 13.6. The van der Waals surface area contributed by atoms with Gasteiger partial charge in [-0.05, 0) is 33.9 Å². The summed E-state index contributed by atoms with van der Waals surface area (Å²) in [5, 5.41) is 3.26. The lowest BCUT2D eigenvalue weighted by Gasteiger charge is -2.44. The van der Waals surface area contributed by atoms with E-state index in [1.54, 1.807) is 0 Å². The van der Waals surface area contributed by atoms with E-state index in [2.05, 4.69) is 42.3 Å². The summed E-state index contributed by atoms with van der Waals surface area (Å²) >= 11 is 0. The molecule has 1 fully saturated rings. The lowest BCUT2D eigenvalue weighted by molar-refractivity contribution is -0.0821. The van der Waals surface area contributed by atoms with Gasteiger partial charge >= 0.3 is 0 Å². The number of benzene rings is 1. The average molecular weight is 292 g/mol. The summed E-state index contributed by atoms with van der Waals surface area (Å²) in [7, 11) is 1.98. The SMILES string of the molecule is CCOc1ccccc1C1C(CNC)OCCN1C(C)C.